The number of piperidine rings is 1. The third-order valence-electron chi connectivity index (χ3n) is 2.61. The molecule has 0 aromatic carbocycles. The van der Waals surface area contributed by atoms with Crippen LogP contribution in [0, 0.1) is 17.2 Å². The average molecular weight is 214 g/mol. The van der Waals surface area contributed by atoms with Gasteiger partial charge < -0.3 is 0 Å². The molecule has 0 aromatic rings. The van der Waals surface area contributed by atoms with Gasteiger partial charge >= 0.3 is 0 Å². The lowest BCUT2D eigenvalue weighted by Gasteiger charge is -2.30. The summed E-state index contributed by atoms with van der Waals surface area (Å²) in [6.45, 7) is 5.74. The summed E-state index contributed by atoms with van der Waals surface area (Å²) in [6.07, 6.45) is 2.69. The first-order valence-corrected chi connectivity index (χ1v) is 6.34. The fourth-order valence-corrected chi connectivity index (χ4v) is 2.89. The van der Waals surface area contributed by atoms with Crippen molar-refractivity contribution >= 4 is 11.0 Å². The van der Waals surface area contributed by atoms with Crippen LogP contribution in [0.5, 0.6) is 0 Å². The highest BCUT2D eigenvalue weighted by Crippen LogP contribution is 2.21. The maximum atomic E-state index is 11.7. The van der Waals surface area contributed by atoms with Crippen LogP contribution in [0.2, 0.25) is 0 Å². The van der Waals surface area contributed by atoms with E-state index >= 15 is 0 Å². The average Bonchev–Trinajstić information content (AvgIpc) is 2.18. The van der Waals surface area contributed by atoms with Crippen molar-refractivity contribution in [2.24, 2.45) is 5.92 Å². The zero-order valence-electron chi connectivity index (χ0n) is 8.90. The third kappa shape index (κ3) is 3.07. The molecule has 0 radical (unpaired) electrons. The van der Waals surface area contributed by atoms with Crippen molar-refractivity contribution < 1.29 is 4.21 Å². The van der Waals surface area contributed by atoms with Crippen molar-refractivity contribution in [2.45, 2.75) is 38.4 Å². The molecule has 14 heavy (non-hydrogen) atoms. The molecule has 1 rings (SSSR count). The molecule has 0 aromatic heterocycles. The van der Waals surface area contributed by atoms with Crippen LogP contribution >= 0.6 is 0 Å². The summed E-state index contributed by atoms with van der Waals surface area (Å²) in [6, 6.07) is 2.21. The SMILES string of the molecule is CC(C)S(=O)N1CCC(CC#N)CC1. The van der Waals surface area contributed by atoms with Gasteiger partial charge in [0.2, 0.25) is 0 Å². The monoisotopic (exact) mass is 214 g/mol. The van der Waals surface area contributed by atoms with Gasteiger partial charge in [0.1, 0.15) is 0 Å². The second-order valence-corrected chi connectivity index (χ2v) is 6.07. The largest absolute Gasteiger partial charge is 0.242 e. The normalized spacial score (nSPS) is 22.1. The quantitative estimate of drug-likeness (QED) is 0.717. The molecule has 0 aliphatic carbocycles. The molecule has 1 unspecified atom stereocenters. The summed E-state index contributed by atoms with van der Waals surface area (Å²) in [5, 5.41) is 8.77. The van der Waals surface area contributed by atoms with E-state index in [2.05, 4.69) is 6.07 Å². The van der Waals surface area contributed by atoms with Crippen LogP contribution in [0.1, 0.15) is 33.1 Å². The lowest BCUT2D eigenvalue weighted by molar-refractivity contribution is 0.285. The Labute approximate surface area is 88.7 Å². The molecule has 1 fully saturated rings. The van der Waals surface area contributed by atoms with Crippen LogP contribution in [0.3, 0.4) is 0 Å². The number of hydrogen-bond donors (Lipinski definition) is 0. The summed E-state index contributed by atoms with van der Waals surface area (Å²) in [5.74, 6) is 0.528. The Morgan fingerprint density at radius 3 is 2.50 bits per heavy atom. The summed E-state index contributed by atoms with van der Waals surface area (Å²) < 4.78 is 13.8. The zero-order valence-corrected chi connectivity index (χ0v) is 9.72. The molecule has 3 nitrogen and oxygen atoms in total. The number of nitrogens with zero attached hydrogens (tertiary/aromatic N) is 2. The molecule has 1 aliphatic rings. The molecule has 1 atom stereocenters. The molecule has 1 saturated heterocycles. The van der Waals surface area contributed by atoms with E-state index in [1.165, 1.54) is 0 Å². The van der Waals surface area contributed by atoms with E-state index in [1.54, 1.807) is 0 Å². The Morgan fingerprint density at radius 1 is 1.50 bits per heavy atom. The van der Waals surface area contributed by atoms with Gasteiger partial charge in [-0.15, -0.1) is 0 Å². The topological polar surface area (TPSA) is 44.1 Å². The summed E-state index contributed by atoms with van der Waals surface area (Å²) in [4.78, 5) is 0. The van der Waals surface area contributed by atoms with Gasteiger partial charge in [-0.1, -0.05) is 0 Å². The van der Waals surface area contributed by atoms with Crippen molar-refractivity contribution in [1.29, 1.82) is 5.26 Å². The van der Waals surface area contributed by atoms with Crippen molar-refractivity contribution in [2.75, 3.05) is 13.1 Å². The molecule has 0 spiro atoms. The summed E-state index contributed by atoms with van der Waals surface area (Å²) in [7, 11) is -0.827. The minimum atomic E-state index is -0.827. The first-order valence-electron chi connectivity index (χ1n) is 5.17. The van der Waals surface area contributed by atoms with E-state index < -0.39 is 11.0 Å². The van der Waals surface area contributed by atoms with Crippen molar-refractivity contribution in [3.8, 4) is 6.07 Å². The second kappa shape index (κ2) is 5.47. The first-order chi connectivity index (χ1) is 6.65. The number of rotatable bonds is 3. The molecular weight excluding hydrogens is 196 g/mol. The highest BCUT2D eigenvalue weighted by atomic mass is 32.2. The van der Waals surface area contributed by atoms with Gasteiger partial charge in [-0.05, 0) is 32.6 Å². The van der Waals surface area contributed by atoms with Gasteiger partial charge in [0, 0.05) is 24.8 Å². The molecule has 80 valence electrons. The van der Waals surface area contributed by atoms with Gasteiger partial charge in [0.25, 0.3) is 0 Å². The number of nitriles is 1. The molecular formula is C10H18N2OS. The van der Waals surface area contributed by atoms with Gasteiger partial charge in [-0.3, -0.25) is 0 Å². The molecule has 0 bridgehead atoms. The number of hydrogen-bond acceptors (Lipinski definition) is 2. The Bertz CT molecular complexity index is 239. The molecule has 0 N–H and O–H groups in total. The maximum absolute atomic E-state index is 11.7. The van der Waals surface area contributed by atoms with Gasteiger partial charge in [0.05, 0.1) is 17.1 Å². The van der Waals surface area contributed by atoms with Crippen LogP contribution in [0.4, 0.5) is 0 Å². The lowest BCUT2D eigenvalue weighted by atomic mass is 9.95. The summed E-state index contributed by atoms with van der Waals surface area (Å²) in [5.41, 5.74) is 0. The fourth-order valence-electron chi connectivity index (χ4n) is 1.72. The van der Waals surface area contributed by atoms with E-state index in [4.69, 9.17) is 5.26 Å². The third-order valence-corrected chi connectivity index (χ3v) is 4.29. The lowest BCUT2D eigenvalue weighted by Crippen LogP contribution is -2.37. The van der Waals surface area contributed by atoms with Gasteiger partial charge in [0.15, 0.2) is 0 Å². The Kier molecular flexibility index (Phi) is 4.56. The highest BCUT2D eigenvalue weighted by Gasteiger charge is 2.23. The van der Waals surface area contributed by atoms with E-state index in [9.17, 15) is 4.21 Å². The minimum absolute atomic E-state index is 0.211. The van der Waals surface area contributed by atoms with Crippen LogP contribution in [0.25, 0.3) is 0 Å². The van der Waals surface area contributed by atoms with Crippen LogP contribution in [-0.4, -0.2) is 26.9 Å². The molecule has 4 heteroatoms. The molecule has 1 aliphatic heterocycles. The minimum Gasteiger partial charge on any atom is -0.242 e. The first kappa shape index (κ1) is 11.7. The van der Waals surface area contributed by atoms with E-state index in [1.807, 2.05) is 18.2 Å². The Hall–Kier alpha value is -0.400. The predicted octanol–water partition coefficient (Wildman–Crippen LogP) is 1.68. The standard InChI is InChI=1S/C10H18N2OS/c1-9(2)14(13)12-7-4-10(3-6-11)5-8-12/h9-10H,3-5,7-8H2,1-2H3. The van der Waals surface area contributed by atoms with E-state index in [0.717, 1.165) is 25.9 Å². The van der Waals surface area contributed by atoms with E-state index in [0.29, 0.717) is 12.3 Å². The van der Waals surface area contributed by atoms with E-state index in [-0.39, 0.29) is 5.25 Å². The molecule has 0 amide bonds. The van der Waals surface area contributed by atoms with Gasteiger partial charge in [-0.2, -0.15) is 5.26 Å². The Balaban J connectivity index is 2.36. The van der Waals surface area contributed by atoms with Crippen molar-refractivity contribution in [1.82, 2.24) is 4.31 Å². The van der Waals surface area contributed by atoms with Crippen LogP contribution < -0.4 is 0 Å². The van der Waals surface area contributed by atoms with Crippen molar-refractivity contribution in [3.05, 3.63) is 0 Å². The molecule has 1 heterocycles. The van der Waals surface area contributed by atoms with Crippen LogP contribution in [-0.2, 0) is 11.0 Å². The second-order valence-electron chi connectivity index (χ2n) is 4.06. The van der Waals surface area contributed by atoms with Gasteiger partial charge in [-0.25, -0.2) is 8.51 Å². The smallest absolute Gasteiger partial charge is 0.0968 e. The molecule has 0 saturated carbocycles. The summed E-state index contributed by atoms with van der Waals surface area (Å²) >= 11 is 0. The highest BCUT2D eigenvalue weighted by molar-refractivity contribution is 7.83. The van der Waals surface area contributed by atoms with Crippen molar-refractivity contribution in [3.63, 3.8) is 0 Å². The maximum Gasteiger partial charge on any atom is 0.0968 e. The fraction of sp³-hybridized carbons (Fsp3) is 0.900. The zero-order chi connectivity index (χ0) is 10.6. The Morgan fingerprint density at radius 2 is 2.07 bits per heavy atom. The van der Waals surface area contributed by atoms with Crippen LogP contribution in [0.15, 0.2) is 0 Å². The predicted molar refractivity (Wildman–Crippen MR) is 57.8 cm³/mol.